The Hall–Kier alpha value is -0.745. The van der Waals surface area contributed by atoms with Crippen LogP contribution < -0.4 is 5.73 Å². The molecular weight excluding hydrogens is 269 g/mol. The van der Waals surface area contributed by atoms with E-state index in [1.807, 2.05) is 58.0 Å². The first-order valence-corrected chi connectivity index (χ1v) is 7.25. The van der Waals surface area contributed by atoms with Crippen LogP contribution in [0.3, 0.4) is 0 Å². The van der Waals surface area contributed by atoms with Crippen LogP contribution in [-0.2, 0) is 9.31 Å². The van der Waals surface area contributed by atoms with Crippen molar-refractivity contribution in [2.24, 2.45) is 5.73 Å². The second-order valence-corrected chi connectivity index (χ2v) is 6.62. The molecule has 2 rings (SSSR count). The normalized spacial score (nSPS) is 21.3. The van der Waals surface area contributed by atoms with E-state index in [1.54, 1.807) is 0 Å². The summed E-state index contributed by atoms with van der Waals surface area (Å²) in [7, 11) is -0.395. The maximum atomic E-state index is 6.03. The number of rotatable bonds is 3. The van der Waals surface area contributed by atoms with Gasteiger partial charge in [0.05, 0.1) is 11.2 Å². The van der Waals surface area contributed by atoms with Gasteiger partial charge in [0.25, 0.3) is 0 Å². The molecule has 1 aromatic carbocycles. The second kappa shape index (κ2) is 5.56. The largest absolute Gasteiger partial charge is 0.491 e. The number of nitrogens with two attached hydrogens (primary N) is 1. The molecule has 1 saturated heterocycles. The highest BCUT2D eigenvalue weighted by atomic mass is 32.1. The minimum absolute atomic E-state index is 0.350. The summed E-state index contributed by atoms with van der Waals surface area (Å²) in [6.07, 6.45) is 2.02. The molecule has 5 heteroatoms. The minimum Gasteiger partial charge on any atom is -0.400 e. The van der Waals surface area contributed by atoms with Gasteiger partial charge in [0, 0.05) is 11.4 Å². The predicted molar refractivity (Wildman–Crippen MR) is 86.8 cm³/mol. The van der Waals surface area contributed by atoms with Crippen LogP contribution >= 0.6 is 12.6 Å². The van der Waals surface area contributed by atoms with Crippen LogP contribution in [0.4, 0.5) is 0 Å². The average molecular weight is 291 g/mol. The third-order valence-corrected chi connectivity index (χ3v) is 4.29. The lowest BCUT2D eigenvalue weighted by Crippen LogP contribution is -2.41. The van der Waals surface area contributed by atoms with Gasteiger partial charge in [0.15, 0.2) is 0 Å². The molecule has 0 spiro atoms. The van der Waals surface area contributed by atoms with E-state index in [0.29, 0.717) is 6.54 Å². The molecule has 20 heavy (non-hydrogen) atoms. The van der Waals surface area contributed by atoms with Crippen molar-refractivity contribution < 1.29 is 9.31 Å². The van der Waals surface area contributed by atoms with Crippen LogP contribution in [-0.4, -0.2) is 24.9 Å². The van der Waals surface area contributed by atoms with Gasteiger partial charge in [-0.3, -0.25) is 0 Å². The Labute approximate surface area is 127 Å². The standard InChI is InChI=1S/C15H22BNO2S/c1-14(2)15(3,4)19-16(18-14)12(10-17)8-11-6-5-7-13(20)9-11/h5-9,20H,10,17H2,1-4H3. The Kier molecular flexibility index (Phi) is 4.35. The molecule has 0 unspecified atom stereocenters. The Bertz CT molecular complexity index is 512. The van der Waals surface area contributed by atoms with E-state index in [-0.39, 0.29) is 11.2 Å². The predicted octanol–water partition coefficient (Wildman–Crippen LogP) is 2.95. The van der Waals surface area contributed by atoms with Crippen LogP contribution in [0.15, 0.2) is 34.6 Å². The average Bonchev–Trinajstić information content (AvgIpc) is 2.55. The third kappa shape index (κ3) is 3.12. The molecule has 1 aromatic rings. The fourth-order valence-corrected chi connectivity index (χ4v) is 2.28. The third-order valence-electron chi connectivity index (χ3n) is 4.01. The van der Waals surface area contributed by atoms with Crippen molar-refractivity contribution in [2.75, 3.05) is 6.54 Å². The van der Waals surface area contributed by atoms with Gasteiger partial charge in [-0.15, -0.1) is 12.6 Å². The molecule has 0 aliphatic carbocycles. The number of hydrogen-bond acceptors (Lipinski definition) is 4. The smallest absolute Gasteiger partial charge is 0.400 e. The lowest BCUT2D eigenvalue weighted by Gasteiger charge is -2.32. The van der Waals surface area contributed by atoms with Gasteiger partial charge < -0.3 is 15.0 Å². The summed E-state index contributed by atoms with van der Waals surface area (Å²) in [5, 5.41) is 0. The summed E-state index contributed by atoms with van der Waals surface area (Å²) in [6.45, 7) is 8.55. The highest BCUT2D eigenvalue weighted by Gasteiger charge is 2.52. The van der Waals surface area contributed by atoms with Crippen molar-refractivity contribution in [1.29, 1.82) is 0 Å². The zero-order valence-electron chi connectivity index (χ0n) is 12.5. The Balaban J connectivity index is 2.26. The molecule has 0 bridgehead atoms. The molecule has 0 radical (unpaired) electrons. The van der Waals surface area contributed by atoms with Crippen LogP contribution in [0.25, 0.3) is 6.08 Å². The van der Waals surface area contributed by atoms with E-state index in [2.05, 4.69) is 12.6 Å². The van der Waals surface area contributed by atoms with Gasteiger partial charge in [0.1, 0.15) is 0 Å². The highest BCUT2D eigenvalue weighted by Crippen LogP contribution is 2.38. The minimum atomic E-state index is -0.395. The molecule has 1 heterocycles. The summed E-state index contributed by atoms with van der Waals surface area (Å²) in [6, 6.07) is 7.91. The first-order valence-electron chi connectivity index (χ1n) is 6.80. The van der Waals surface area contributed by atoms with Crippen LogP contribution in [0.5, 0.6) is 0 Å². The maximum absolute atomic E-state index is 6.03. The monoisotopic (exact) mass is 291 g/mol. The second-order valence-electron chi connectivity index (χ2n) is 6.11. The lowest BCUT2D eigenvalue weighted by molar-refractivity contribution is 0.00578. The van der Waals surface area contributed by atoms with E-state index in [9.17, 15) is 0 Å². The van der Waals surface area contributed by atoms with Crippen molar-refractivity contribution in [2.45, 2.75) is 43.8 Å². The molecule has 0 saturated carbocycles. The van der Waals surface area contributed by atoms with Gasteiger partial charge in [0.2, 0.25) is 0 Å². The zero-order chi connectivity index (χ0) is 15.0. The summed E-state index contributed by atoms with van der Waals surface area (Å²) < 4.78 is 12.1. The summed E-state index contributed by atoms with van der Waals surface area (Å²) in [5.41, 5.74) is 7.15. The van der Waals surface area contributed by atoms with Gasteiger partial charge in [-0.05, 0) is 50.9 Å². The zero-order valence-corrected chi connectivity index (χ0v) is 13.4. The van der Waals surface area contributed by atoms with E-state index in [4.69, 9.17) is 15.0 Å². The summed E-state index contributed by atoms with van der Waals surface area (Å²) in [4.78, 5) is 0.920. The van der Waals surface area contributed by atoms with Gasteiger partial charge in [-0.1, -0.05) is 18.2 Å². The number of hydrogen-bond donors (Lipinski definition) is 2. The molecular formula is C15H22BNO2S. The Morgan fingerprint density at radius 2 is 1.85 bits per heavy atom. The molecule has 1 aliphatic heterocycles. The van der Waals surface area contributed by atoms with Crippen molar-refractivity contribution in [3.63, 3.8) is 0 Å². The first kappa shape index (κ1) is 15.6. The van der Waals surface area contributed by atoms with E-state index < -0.39 is 7.12 Å². The molecule has 0 amide bonds. The first-order chi connectivity index (χ1) is 9.25. The van der Waals surface area contributed by atoms with Crippen molar-refractivity contribution in [3.05, 3.63) is 35.3 Å². The SMILES string of the molecule is CC1(C)OB(C(=Cc2cccc(S)c2)CN)OC1(C)C. The van der Waals surface area contributed by atoms with Gasteiger partial charge in [-0.25, -0.2) is 0 Å². The Morgan fingerprint density at radius 1 is 1.25 bits per heavy atom. The van der Waals surface area contributed by atoms with E-state index >= 15 is 0 Å². The molecule has 1 fully saturated rings. The fourth-order valence-electron chi connectivity index (χ4n) is 2.05. The molecule has 0 aromatic heterocycles. The molecule has 0 atom stereocenters. The summed E-state index contributed by atoms with van der Waals surface area (Å²) in [5.74, 6) is 0. The highest BCUT2D eigenvalue weighted by molar-refractivity contribution is 7.80. The number of benzene rings is 1. The molecule has 1 aliphatic rings. The van der Waals surface area contributed by atoms with Crippen molar-refractivity contribution >= 4 is 25.8 Å². The van der Waals surface area contributed by atoms with Crippen LogP contribution in [0, 0.1) is 0 Å². The van der Waals surface area contributed by atoms with Crippen LogP contribution in [0.2, 0.25) is 0 Å². The topological polar surface area (TPSA) is 44.5 Å². The van der Waals surface area contributed by atoms with E-state index in [1.165, 1.54) is 0 Å². The fraction of sp³-hybridized carbons (Fsp3) is 0.467. The lowest BCUT2D eigenvalue weighted by atomic mass is 9.77. The van der Waals surface area contributed by atoms with E-state index in [0.717, 1.165) is 15.9 Å². The van der Waals surface area contributed by atoms with Crippen LogP contribution in [0.1, 0.15) is 33.3 Å². The summed E-state index contributed by atoms with van der Waals surface area (Å²) >= 11 is 4.35. The Morgan fingerprint density at radius 3 is 2.35 bits per heavy atom. The quantitative estimate of drug-likeness (QED) is 0.665. The number of thiol groups is 1. The van der Waals surface area contributed by atoms with Crippen molar-refractivity contribution in [1.82, 2.24) is 0 Å². The van der Waals surface area contributed by atoms with Crippen molar-refractivity contribution in [3.8, 4) is 0 Å². The van der Waals surface area contributed by atoms with Gasteiger partial charge in [-0.2, -0.15) is 0 Å². The maximum Gasteiger partial charge on any atom is 0.491 e. The van der Waals surface area contributed by atoms with Gasteiger partial charge >= 0.3 is 7.12 Å². The molecule has 108 valence electrons. The molecule has 2 N–H and O–H groups in total. The molecule has 3 nitrogen and oxygen atoms in total.